The van der Waals surface area contributed by atoms with E-state index in [9.17, 15) is 43.5 Å². The van der Waals surface area contributed by atoms with Gasteiger partial charge in [0.2, 0.25) is 0 Å². The zero-order valence-electron chi connectivity index (χ0n) is 65.9. The van der Waals surface area contributed by atoms with Crippen LogP contribution in [0.2, 0.25) is 0 Å². The Morgan fingerprint density at radius 1 is 0.276 bits per heavy atom. The smallest absolute Gasteiger partial charge is 0.463 e. The summed E-state index contributed by atoms with van der Waals surface area (Å²) < 4.78 is 61.1. The number of esters is 3. The molecule has 0 aromatic carbocycles. The van der Waals surface area contributed by atoms with E-state index in [0.29, 0.717) is 19.3 Å². The summed E-state index contributed by atoms with van der Waals surface area (Å²) in [6.07, 6.45) is 97.7. The van der Waals surface area contributed by atoms with Gasteiger partial charge in [0.15, 0.2) is 6.10 Å². The normalized spacial score (nSPS) is 14.7. The summed E-state index contributed by atoms with van der Waals surface area (Å²) in [5.41, 5.74) is 0. The molecule has 5 unspecified atom stereocenters. The average molecular weight is 1510 g/mol. The number of phosphoric ester groups is 2. The molecule has 0 saturated carbocycles. The number of carbonyl (C=O) groups is 3. The van der Waals surface area contributed by atoms with E-state index in [1.807, 2.05) is 0 Å². The molecule has 0 saturated heterocycles. The number of hydrogen-bond acceptors (Lipinski definition) is 14. The Balaban J connectivity index is 4.45. The molecule has 5 atom stereocenters. The van der Waals surface area contributed by atoms with Gasteiger partial charge in [-0.25, -0.2) is 9.13 Å². The summed E-state index contributed by atoms with van der Waals surface area (Å²) in [7, 11) is -9.80. The number of phosphoric acid groups is 2. The van der Waals surface area contributed by atoms with Crippen LogP contribution < -0.4 is 0 Å². The summed E-state index contributed by atoms with van der Waals surface area (Å²) in [6.45, 7) is 2.41. The number of carbonyl (C=O) groups excluding carboxylic acids is 3. The van der Waals surface area contributed by atoms with E-state index in [4.69, 9.17) is 32.3 Å². The van der Waals surface area contributed by atoms with Crippen molar-refractivity contribution in [1.82, 2.24) is 0 Å². The van der Waals surface area contributed by atoms with E-state index in [1.165, 1.54) is 116 Å². The second-order valence-electron chi connectivity index (χ2n) is 27.2. The molecule has 0 heterocycles. The van der Waals surface area contributed by atoms with Crippen LogP contribution in [0.25, 0.3) is 0 Å². The molecule has 602 valence electrons. The second-order valence-corrected chi connectivity index (χ2v) is 30.1. The SMILES string of the molecule is CC/C=C\C/C=C\C/C=C\C/C=C\C/C=C\C/C=C\CCCCCCC(=O)OCC(COP(=O)(O)OCC(O)COP(=O)(O)OCC(O)COC(=O)CCCCCCCCCCCCCCCCCCC/C=C\C/C=C\C/C=C\C/C=C\C/C=C\CC)OC(=O)CCCCCCC/C=C\CCCCCC. The van der Waals surface area contributed by atoms with Crippen LogP contribution in [0.15, 0.2) is 146 Å². The number of rotatable bonds is 77. The molecule has 0 radical (unpaired) electrons. The van der Waals surface area contributed by atoms with Gasteiger partial charge in [-0.3, -0.25) is 32.5 Å². The third-order valence-electron chi connectivity index (χ3n) is 17.0. The van der Waals surface area contributed by atoms with Gasteiger partial charge < -0.3 is 34.2 Å². The van der Waals surface area contributed by atoms with Crippen molar-refractivity contribution in [2.75, 3.05) is 39.6 Å². The van der Waals surface area contributed by atoms with Crippen molar-refractivity contribution in [2.45, 2.75) is 347 Å². The van der Waals surface area contributed by atoms with Gasteiger partial charge in [-0.05, 0) is 141 Å². The molecule has 0 bridgehead atoms. The topological polar surface area (TPSA) is 231 Å². The summed E-state index contributed by atoms with van der Waals surface area (Å²) in [5.74, 6) is -1.61. The van der Waals surface area contributed by atoms with Gasteiger partial charge in [-0.2, -0.15) is 0 Å². The lowest BCUT2D eigenvalue weighted by molar-refractivity contribution is -0.161. The van der Waals surface area contributed by atoms with Crippen LogP contribution in [0.3, 0.4) is 0 Å². The first-order chi connectivity index (χ1) is 51.2. The predicted octanol–water partition coefficient (Wildman–Crippen LogP) is 24.4. The lowest BCUT2D eigenvalue weighted by Gasteiger charge is -2.21. The maximum Gasteiger partial charge on any atom is 0.472 e. The molecule has 0 aliphatic heterocycles. The fourth-order valence-electron chi connectivity index (χ4n) is 10.8. The number of aliphatic hydroxyl groups excluding tert-OH is 2. The van der Waals surface area contributed by atoms with Gasteiger partial charge in [0.1, 0.15) is 25.4 Å². The number of ether oxygens (including phenoxy) is 3. The summed E-state index contributed by atoms with van der Waals surface area (Å²) in [4.78, 5) is 58.6. The van der Waals surface area contributed by atoms with E-state index < -0.39 is 91.5 Å². The molecule has 105 heavy (non-hydrogen) atoms. The van der Waals surface area contributed by atoms with Crippen LogP contribution in [0.1, 0.15) is 329 Å². The zero-order valence-corrected chi connectivity index (χ0v) is 67.6. The largest absolute Gasteiger partial charge is 0.472 e. The van der Waals surface area contributed by atoms with Gasteiger partial charge in [0, 0.05) is 19.3 Å². The third kappa shape index (κ3) is 80.3. The first kappa shape index (κ1) is 100. The number of hydrogen-bond donors (Lipinski definition) is 4. The maximum atomic E-state index is 12.9. The molecule has 0 spiro atoms. The lowest BCUT2D eigenvalue weighted by Crippen LogP contribution is -2.30. The van der Waals surface area contributed by atoms with Crippen molar-refractivity contribution in [1.29, 1.82) is 0 Å². The standard InChI is InChI=1S/C87H148O16P2/c1-4-7-10-13-16-19-22-25-27-29-31-33-35-36-37-38-39-40-41-42-43-44-46-48-49-51-53-56-58-61-64-67-70-73-85(90)97-76-82(88)77-99-104(93,94)100-78-83(89)79-101-105(95,96)102-81-84(103-87(92)75-72-69-66-63-60-55-24-21-18-15-12-9-6-3)80-98-86(91)74-71-68-65-62-59-57-54-52-50-47-45-34-32-30-28-26-23-20-17-14-11-8-5-2/h7-8,10-11,16-17,19-21,24-28,31-34,36-37,47,50,54,57,82-84,88-89H,4-6,9,12-15,18,22-23,29-30,35,38-46,48-49,51-53,55-56,58-81H2,1-3H3,(H,93,94)(H,95,96)/b10-7-,11-8-,19-16-,20-17-,24-21-,27-25-,28-26-,33-31-,34-32-,37-36-,50-47-,57-54-. The monoisotopic (exact) mass is 1510 g/mol. The van der Waals surface area contributed by atoms with Gasteiger partial charge >= 0.3 is 33.6 Å². The molecule has 0 aliphatic carbocycles. The predicted molar refractivity (Wildman–Crippen MR) is 436 cm³/mol. The first-order valence-corrected chi connectivity index (χ1v) is 44.1. The fourth-order valence-corrected chi connectivity index (χ4v) is 12.4. The molecular weight excluding hydrogens is 1360 g/mol. The Hall–Kier alpha value is -4.57. The van der Waals surface area contributed by atoms with Crippen LogP contribution >= 0.6 is 15.6 Å². The van der Waals surface area contributed by atoms with E-state index in [-0.39, 0.29) is 19.3 Å². The third-order valence-corrected chi connectivity index (χ3v) is 18.9. The van der Waals surface area contributed by atoms with Crippen molar-refractivity contribution >= 4 is 33.6 Å². The highest BCUT2D eigenvalue weighted by molar-refractivity contribution is 7.47. The summed E-state index contributed by atoms with van der Waals surface area (Å²) in [6, 6.07) is 0. The summed E-state index contributed by atoms with van der Waals surface area (Å²) in [5, 5.41) is 20.6. The molecule has 0 aromatic heterocycles. The Labute approximate surface area is 638 Å². The van der Waals surface area contributed by atoms with Crippen molar-refractivity contribution < 1.29 is 75.8 Å². The Morgan fingerprint density at radius 2 is 0.505 bits per heavy atom. The molecule has 0 fully saturated rings. The minimum atomic E-state index is -4.94. The highest BCUT2D eigenvalue weighted by Gasteiger charge is 2.29. The van der Waals surface area contributed by atoms with Crippen LogP contribution in [-0.4, -0.2) is 95.9 Å². The molecule has 16 nitrogen and oxygen atoms in total. The molecule has 0 rings (SSSR count). The molecule has 0 aromatic rings. The minimum Gasteiger partial charge on any atom is -0.463 e. The molecule has 0 amide bonds. The Morgan fingerprint density at radius 3 is 0.810 bits per heavy atom. The number of aliphatic hydroxyl groups is 2. The highest BCUT2D eigenvalue weighted by Crippen LogP contribution is 2.45. The minimum absolute atomic E-state index is 0.0856. The van der Waals surface area contributed by atoms with Crippen LogP contribution in [-0.2, 0) is 55.8 Å². The molecule has 18 heteroatoms. The first-order valence-electron chi connectivity index (χ1n) is 41.1. The van der Waals surface area contributed by atoms with Crippen molar-refractivity contribution in [3.63, 3.8) is 0 Å². The molecule has 4 N–H and O–H groups in total. The second kappa shape index (κ2) is 79.0. The Kier molecular flexibility index (Phi) is 75.6. The maximum absolute atomic E-state index is 12.9. The van der Waals surface area contributed by atoms with Gasteiger partial charge in [0.25, 0.3) is 0 Å². The van der Waals surface area contributed by atoms with Crippen LogP contribution in [0.4, 0.5) is 0 Å². The Bertz CT molecular complexity index is 2490. The van der Waals surface area contributed by atoms with Crippen LogP contribution in [0, 0.1) is 0 Å². The lowest BCUT2D eigenvalue weighted by atomic mass is 10.0. The van der Waals surface area contributed by atoms with E-state index in [0.717, 1.165) is 154 Å². The highest BCUT2D eigenvalue weighted by atomic mass is 31.2. The van der Waals surface area contributed by atoms with Gasteiger partial charge in [-0.1, -0.05) is 314 Å². The van der Waals surface area contributed by atoms with E-state index in [1.54, 1.807) is 0 Å². The van der Waals surface area contributed by atoms with Gasteiger partial charge in [0.05, 0.1) is 26.4 Å². The van der Waals surface area contributed by atoms with E-state index >= 15 is 0 Å². The fraction of sp³-hybridized carbons (Fsp3) is 0.690. The number of allylic oxidation sites excluding steroid dienone is 24. The molecular formula is C87H148O16P2. The molecule has 0 aliphatic rings. The van der Waals surface area contributed by atoms with E-state index in [2.05, 4.69) is 167 Å². The zero-order chi connectivity index (χ0) is 76.6. The van der Waals surface area contributed by atoms with Crippen molar-refractivity contribution in [3.05, 3.63) is 146 Å². The summed E-state index contributed by atoms with van der Waals surface area (Å²) >= 11 is 0. The quantitative estimate of drug-likeness (QED) is 0.0146. The van der Waals surface area contributed by atoms with Crippen molar-refractivity contribution in [3.8, 4) is 0 Å². The average Bonchev–Trinajstić information content (AvgIpc) is 0.914. The van der Waals surface area contributed by atoms with Crippen LogP contribution in [0.5, 0.6) is 0 Å². The number of unbranched alkanes of at least 4 members (excludes halogenated alkanes) is 30. The van der Waals surface area contributed by atoms with Crippen molar-refractivity contribution in [2.24, 2.45) is 0 Å². The van der Waals surface area contributed by atoms with Gasteiger partial charge in [-0.15, -0.1) is 0 Å².